The Bertz CT molecular complexity index is 955. The maximum absolute atomic E-state index is 13.1. The summed E-state index contributed by atoms with van der Waals surface area (Å²) in [6.45, 7) is 5.10. The number of thioether (sulfide) groups is 1. The summed E-state index contributed by atoms with van der Waals surface area (Å²) in [6, 6.07) is 24.9. The molecule has 0 spiro atoms. The van der Waals surface area contributed by atoms with E-state index in [0.717, 1.165) is 41.9 Å². The molecule has 0 saturated heterocycles. The average Bonchev–Trinajstić information content (AvgIpc) is 2.74. The van der Waals surface area contributed by atoms with Crippen molar-refractivity contribution < 1.29 is 18.3 Å². The molecule has 0 aromatic heterocycles. The fourth-order valence-electron chi connectivity index (χ4n) is 3.24. The summed E-state index contributed by atoms with van der Waals surface area (Å²) >= 11 is 1.86. The van der Waals surface area contributed by atoms with E-state index in [1.807, 2.05) is 66.4 Å². The smallest absolute Gasteiger partial charge is 0.394 e. The summed E-state index contributed by atoms with van der Waals surface area (Å²) in [4.78, 5) is 0. The average molecular weight is 443 g/mol. The van der Waals surface area contributed by atoms with Crippen LogP contribution in [0.5, 0.6) is 17.2 Å². The van der Waals surface area contributed by atoms with Gasteiger partial charge in [-0.2, -0.15) is 20.5 Å². The Balaban J connectivity index is 1.59. The van der Waals surface area contributed by atoms with E-state index in [2.05, 4.69) is 30.7 Å². The van der Waals surface area contributed by atoms with Crippen LogP contribution in [0.25, 0.3) is 0 Å². The fourth-order valence-corrected chi connectivity index (χ4v) is 4.58. The fraction of sp³-hybridized carbons (Fsp3) is 0.308. The highest BCUT2D eigenvalue weighted by Crippen LogP contribution is 2.34. The molecule has 0 amide bonds. The van der Waals surface area contributed by atoms with Gasteiger partial charge in [0.15, 0.2) is 0 Å². The van der Waals surface area contributed by atoms with Crippen molar-refractivity contribution in [2.24, 2.45) is 0 Å². The molecule has 0 aliphatic carbocycles. The lowest BCUT2D eigenvalue weighted by atomic mass is 9.82. The first-order valence-corrected chi connectivity index (χ1v) is 11.5. The Hall–Kier alpha value is -2.53. The number of rotatable bonds is 10. The third-order valence-electron chi connectivity index (χ3n) is 5.20. The number of para-hydroxylation sites is 1. The van der Waals surface area contributed by atoms with Gasteiger partial charge >= 0.3 is 6.11 Å². The second-order valence-corrected chi connectivity index (χ2v) is 8.89. The quantitative estimate of drug-likeness (QED) is 0.316. The molecule has 1 atom stereocenters. The highest BCUT2D eigenvalue weighted by atomic mass is 32.2. The van der Waals surface area contributed by atoms with Gasteiger partial charge in [0.2, 0.25) is 0 Å². The third kappa shape index (κ3) is 7.00. The van der Waals surface area contributed by atoms with E-state index in [4.69, 9.17) is 4.74 Å². The van der Waals surface area contributed by atoms with Crippen LogP contribution in [0.2, 0.25) is 0 Å². The molecule has 5 heteroatoms. The number of alkyl halides is 2. The third-order valence-corrected chi connectivity index (χ3v) is 6.57. The predicted octanol–water partition coefficient (Wildman–Crippen LogP) is 8.07. The second-order valence-electron chi connectivity index (χ2n) is 7.90. The molecule has 1 unspecified atom stereocenters. The molecule has 3 rings (SSSR count). The van der Waals surface area contributed by atoms with E-state index in [1.54, 1.807) is 12.1 Å². The molecule has 164 valence electrons. The van der Waals surface area contributed by atoms with Crippen LogP contribution in [0, 0.1) is 0 Å². The van der Waals surface area contributed by atoms with Crippen molar-refractivity contribution in [3.8, 4) is 17.2 Å². The minimum atomic E-state index is -3.18. The van der Waals surface area contributed by atoms with Crippen LogP contribution in [0.15, 0.2) is 78.9 Å². The van der Waals surface area contributed by atoms with E-state index < -0.39 is 6.11 Å². The van der Waals surface area contributed by atoms with Gasteiger partial charge in [-0.15, -0.1) is 0 Å². The first kappa shape index (κ1) is 23.1. The number of ether oxygens (including phenoxy) is 2. The lowest BCUT2D eigenvalue weighted by molar-refractivity contribution is -0.158. The van der Waals surface area contributed by atoms with Gasteiger partial charge < -0.3 is 9.47 Å². The van der Waals surface area contributed by atoms with Crippen LogP contribution in [-0.4, -0.2) is 11.9 Å². The molecular formula is C26H28F2O2S. The first-order valence-electron chi connectivity index (χ1n) is 10.3. The van der Waals surface area contributed by atoms with Crippen molar-refractivity contribution in [1.82, 2.24) is 0 Å². The van der Waals surface area contributed by atoms with Gasteiger partial charge in [0.05, 0.1) is 0 Å². The molecule has 0 saturated carbocycles. The second kappa shape index (κ2) is 10.2. The van der Waals surface area contributed by atoms with Crippen LogP contribution in [0.3, 0.4) is 0 Å². The lowest BCUT2D eigenvalue weighted by Gasteiger charge is -2.29. The topological polar surface area (TPSA) is 18.5 Å². The summed E-state index contributed by atoms with van der Waals surface area (Å²) in [6.07, 6.45) is -2.23. The summed E-state index contributed by atoms with van der Waals surface area (Å²) in [5, 5.41) is 0. The Morgan fingerprint density at radius 2 is 1.48 bits per heavy atom. The molecule has 0 fully saturated rings. The first-order chi connectivity index (χ1) is 14.8. The van der Waals surface area contributed by atoms with E-state index >= 15 is 0 Å². The van der Waals surface area contributed by atoms with E-state index in [-0.39, 0.29) is 11.2 Å². The molecule has 3 aromatic rings. The molecule has 2 nitrogen and oxygen atoms in total. The number of hydrogen-bond acceptors (Lipinski definition) is 3. The van der Waals surface area contributed by atoms with Crippen molar-refractivity contribution in [3.63, 3.8) is 0 Å². The molecule has 0 aliphatic heterocycles. The van der Waals surface area contributed by atoms with Crippen molar-refractivity contribution in [3.05, 3.63) is 90.0 Å². The molecule has 3 aromatic carbocycles. The zero-order valence-corrected chi connectivity index (χ0v) is 18.9. The summed E-state index contributed by atoms with van der Waals surface area (Å²) < 4.78 is 36.7. The van der Waals surface area contributed by atoms with Crippen LogP contribution in [0.1, 0.15) is 38.3 Å². The Morgan fingerprint density at radius 3 is 2.13 bits per heavy atom. The van der Waals surface area contributed by atoms with E-state index in [1.165, 1.54) is 5.56 Å². The maximum Gasteiger partial charge on any atom is 0.394 e. The van der Waals surface area contributed by atoms with Crippen LogP contribution in [-0.2, 0) is 11.2 Å². The number of halogens is 2. The normalized spacial score (nSPS) is 13.5. The Morgan fingerprint density at radius 1 is 0.806 bits per heavy atom. The van der Waals surface area contributed by atoms with Gasteiger partial charge in [0.1, 0.15) is 17.2 Å². The van der Waals surface area contributed by atoms with Gasteiger partial charge in [0.25, 0.3) is 0 Å². The van der Waals surface area contributed by atoms with Gasteiger partial charge in [-0.1, -0.05) is 56.3 Å². The van der Waals surface area contributed by atoms with E-state index in [0.29, 0.717) is 0 Å². The van der Waals surface area contributed by atoms with Crippen molar-refractivity contribution in [2.45, 2.75) is 44.5 Å². The molecule has 0 N–H and O–H groups in total. The molecular weight excluding hydrogens is 414 g/mol. The van der Waals surface area contributed by atoms with Gasteiger partial charge in [-0.25, -0.2) is 0 Å². The van der Waals surface area contributed by atoms with Crippen molar-refractivity contribution in [1.29, 1.82) is 0 Å². The minimum Gasteiger partial charge on any atom is -0.457 e. The van der Waals surface area contributed by atoms with Gasteiger partial charge in [0, 0.05) is 23.8 Å². The van der Waals surface area contributed by atoms with Crippen LogP contribution in [0.4, 0.5) is 8.78 Å². The van der Waals surface area contributed by atoms with Gasteiger partial charge in [-0.05, 0) is 53.9 Å². The standard InChI is InChI=1S/C26H28F2O2S/c1-4-25(2,21-13-15-23(16-14-21)30-26(3,27)28)19-31-18-20-9-8-12-24(17-20)29-22-10-6-5-7-11-22/h5-17H,4,18-19H2,1-3H3. The highest BCUT2D eigenvalue weighted by molar-refractivity contribution is 7.98. The SMILES string of the molecule is CCC(C)(CSCc1cccc(Oc2ccccc2)c1)c1ccc(OC(C)(F)F)cc1. The zero-order valence-electron chi connectivity index (χ0n) is 18.1. The Kier molecular flexibility index (Phi) is 7.60. The van der Waals surface area contributed by atoms with Crippen LogP contribution < -0.4 is 9.47 Å². The Labute approximate surface area is 187 Å². The van der Waals surface area contributed by atoms with Crippen molar-refractivity contribution >= 4 is 11.8 Å². The van der Waals surface area contributed by atoms with Gasteiger partial charge in [-0.3, -0.25) is 0 Å². The molecule has 0 radical (unpaired) electrons. The molecule has 0 heterocycles. The van der Waals surface area contributed by atoms with Crippen molar-refractivity contribution in [2.75, 3.05) is 5.75 Å². The highest BCUT2D eigenvalue weighted by Gasteiger charge is 2.26. The maximum atomic E-state index is 13.1. The monoisotopic (exact) mass is 442 g/mol. The number of benzene rings is 3. The summed E-state index contributed by atoms with van der Waals surface area (Å²) in [5.74, 6) is 3.60. The molecule has 0 bridgehead atoms. The lowest BCUT2D eigenvalue weighted by Crippen LogP contribution is -2.24. The summed E-state index contributed by atoms with van der Waals surface area (Å²) in [5.41, 5.74) is 2.26. The zero-order chi connectivity index (χ0) is 22.3. The minimum absolute atomic E-state index is 0.0594. The van der Waals surface area contributed by atoms with Crippen LogP contribution >= 0.6 is 11.8 Å². The molecule has 31 heavy (non-hydrogen) atoms. The summed E-state index contributed by atoms with van der Waals surface area (Å²) in [7, 11) is 0. The largest absolute Gasteiger partial charge is 0.457 e. The molecule has 0 aliphatic rings. The van der Waals surface area contributed by atoms with E-state index in [9.17, 15) is 8.78 Å². The predicted molar refractivity (Wildman–Crippen MR) is 124 cm³/mol. The number of hydrogen-bond donors (Lipinski definition) is 0.